The summed E-state index contributed by atoms with van der Waals surface area (Å²) in [4.78, 5) is 18.8. The molecule has 1 unspecified atom stereocenters. The third-order valence-corrected chi connectivity index (χ3v) is 2.40. The first-order chi connectivity index (χ1) is 8.43. The molecule has 0 spiro atoms. The van der Waals surface area contributed by atoms with Crippen LogP contribution in [0.15, 0.2) is 6.20 Å². The first kappa shape index (κ1) is 14.6. The fourth-order valence-electron chi connectivity index (χ4n) is 1.44. The zero-order valence-electron chi connectivity index (χ0n) is 10.4. The smallest absolute Gasteiger partial charge is 0.328 e. The van der Waals surface area contributed by atoms with Crippen molar-refractivity contribution in [2.24, 2.45) is 5.92 Å². The van der Waals surface area contributed by atoms with Crippen LogP contribution in [0.3, 0.4) is 0 Å². The number of methoxy groups -OCH3 is 1. The van der Waals surface area contributed by atoms with E-state index in [0.29, 0.717) is 6.42 Å². The summed E-state index contributed by atoms with van der Waals surface area (Å²) in [6.07, 6.45) is 1.44. The van der Waals surface area contributed by atoms with Crippen molar-refractivity contribution in [2.75, 3.05) is 12.4 Å². The fraction of sp³-hybridized carbons (Fsp3) is 0.545. The van der Waals surface area contributed by atoms with E-state index in [1.165, 1.54) is 7.11 Å². The Kier molecular flexibility index (Phi) is 5.27. The van der Waals surface area contributed by atoms with Gasteiger partial charge in [-0.25, -0.2) is 14.2 Å². The predicted molar refractivity (Wildman–Crippen MR) is 65.9 cm³/mol. The van der Waals surface area contributed by atoms with Gasteiger partial charge in [-0.1, -0.05) is 13.8 Å². The second-order valence-electron chi connectivity index (χ2n) is 4.19. The van der Waals surface area contributed by atoms with Crippen molar-refractivity contribution in [3.05, 3.63) is 17.3 Å². The molecule has 0 radical (unpaired) electrons. The number of carbonyl (C=O) groups excluding carboxylic acids is 1. The molecule has 0 aliphatic heterocycles. The summed E-state index contributed by atoms with van der Waals surface area (Å²) in [5.41, 5.74) is 0. The molecule has 0 saturated heterocycles. The predicted octanol–water partition coefficient (Wildman–Crippen LogP) is 2.27. The lowest BCUT2D eigenvalue weighted by Crippen LogP contribution is -2.32. The number of esters is 1. The molecule has 0 saturated carbocycles. The number of anilines is 1. The van der Waals surface area contributed by atoms with Crippen LogP contribution in [0, 0.1) is 11.7 Å². The van der Waals surface area contributed by atoms with Gasteiger partial charge in [0, 0.05) is 0 Å². The molecule has 1 aromatic heterocycles. The lowest BCUT2D eigenvalue weighted by molar-refractivity contribution is -0.141. The van der Waals surface area contributed by atoms with Gasteiger partial charge in [0.05, 0.1) is 13.3 Å². The van der Waals surface area contributed by atoms with Crippen molar-refractivity contribution in [1.29, 1.82) is 0 Å². The second-order valence-corrected chi connectivity index (χ2v) is 4.52. The number of halogens is 2. The third-order valence-electron chi connectivity index (χ3n) is 2.22. The summed E-state index contributed by atoms with van der Waals surface area (Å²) in [6, 6.07) is -0.671. The summed E-state index contributed by atoms with van der Waals surface area (Å²) in [5.74, 6) is -1.01. The molecule has 0 aliphatic carbocycles. The highest BCUT2D eigenvalue weighted by atomic mass is 35.5. The lowest BCUT2D eigenvalue weighted by atomic mass is 10.0. The van der Waals surface area contributed by atoms with Crippen LogP contribution in [0.4, 0.5) is 10.2 Å². The van der Waals surface area contributed by atoms with Crippen LogP contribution in [0.25, 0.3) is 0 Å². The zero-order chi connectivity index (χ0) is 13.7. The quantitative estimate of drug-likeness (QED) is 0.660. The molecular formula is C11H15ClFN3O2. The van der Waals surface area contributed by atoms with Crippen LogP contribution >= 0.6 is 11.6 Å². The van der Waals surface area contributed by atoms with Crippen LogP contribution in [0.2, 0.25) is 5.28 Å². The van der Waals surface area contributed by atoms with Crippen LogP contribution in [-0.4, -0.2) is 29.1 Å². The van der Waals surface area contributed by atoms with Crippen molar-refractivity contribution in [3.8, 4) is 0 Å². The van der Waals surface area contributed by atoms with Gasteiger partial charge < -0.3 is 10.1 Å². The number of aromatic nitrogens is 2. The molecule has 1 rings (SSSR count). The fourth-order valence-corrected chi connectivity index (χ4v) is 1.57. The summed E-state index contributed by atoms with van der Waals surface area (Å²) in [7, 11) is 1.28. The molecule has 0 fully saturated rings. The van der Waals surface area contributed by atoms with Gasteiger partial charge in [-0.05, 0) is 23.9 Å². The van der Waals surface area contributed by atoms with Crippen LogP contribution < -0.4 is 5.32 Å². The van der Waals surface area contributed by atoms with Crippen molar-refractivity contribution < 1.29 is 13.9 Å². The molecule has 1 atom stereocenters. The van der Waals surface area contributed by atoms with Gasteiger partial charge in [0.1, 0.15) is 6.04 Å². The Morgan fingerprint density at radius 1 is 1.61 bits per heavy atom. The minimum atomic E-state index is -0.671. The third kappa shape index (κ3) is 4.10. The van der Waals surface area contributed by atoms with Gasteiger partial charge in [0.25, 0.3) is 0 Å². The van der Waals surface area contributed by atoms with Crippen LogP contribution in [0.5, 0.6) is 0 Å². The Bertz CT molecular complexity index is 429. The van der Waals surface area contributed by atoms with Crippen molar-refractivity contribution in [1.82, 2.24) is 9.97 Å². The van der Waals surface area contributed by atoms with E-state index >= 15 is 0 Å². The van der Waals surface area contributed by atoms with Crippen molar-refractivity contribution in [2.45, 2.75) is 26.3 Å². The minimum absolute atomic E-state index is 0.0907. The van der Waals surface area contributed by atoms with Crippen LogP contribution in [0.1, 0.15) is 20.3 Å². The largest absolute Gasteiger partial charge is 0.467 e. The first-order valence-electron chi connectivity index (χ1n) is 5.46. The second kappa shape index (κ2) is 6.49. The molecule has 1 aromatic rings. The van der Waals surface area contributed by atoms with E-state index in [-0.39, 0.29) is 17.0 Å². The maximum Gasteiger partial charge on any atom is 0.328 e. The molecule has 0 amide bonds. The van der Waals surface area contributed by atoms with Gasteiger partial charge in [-0.3, -0.25) is 0 Å². The molecule has 1 heterocycles. The van der Waals surface area contributed by atoms with Crippen LogP contribution in [-0.2, 0) is 9.53 Å². The number of nitrogens with one attached hydrogen (secondary N) is 1. The van der Waals surface area contributed by atoms with E-state index in [0.717, 1.165) is 6.20 Å². The number of carbonyl (C=O) groups is 1. The number of ether oxygens (including phenoxy) is 1. The van der Waals surface area contributed by atoms with Gasteiger partial charge >= 0.3 is 5.97 Å². The number of hydrogen-bond donors (Lipinski definition) is 1. The highest BCUT2D eigenvalue weighted by Gasteiger charge is 2.22. The van der Waals surface area contributed by atoms with E-state index in [9.17, 15) is 9.18 Å². The molecule has 1 N–H and O–H groups in total. The van der Waals surface area contributed by atoms with Crippen molar-refractivity contribution in [3.63, 3.8) is 0 Å². The average molecular weight is 276 g/mol. The number of rotatable bonds is 5. The Hall–Kier alpha value is -1.43. The van der Waals surface area contributed by atoms with Gasteiger partial charge in [-0.15, -0.1) is 0 Å². The number of nitrogens with zero attached hydrogens (tertiary/aromatic N) is 2. The van der Waals surface area contributed by atoms with Gasteiger partial charge in [0.2, 0.25) is 5.28 Å². The molecule has 18 heavy (non-hydrogen) atoms. The Balaban J connectivity index is 2.88. The highest BCUT2D eigenvalue weighted by molar-refractivity contribution is 6.28. The summed E-state index contributed by atoms with van der Waals surface area (Å²) in [5, 5.41) is 2.59. The monoisotopic (exact) mass is 275 g/mol. The maximum atomic E-state index is 13.4. The molecule has 0 bridgehead atoms. The highest BCUT2D eigenvalue weighted by Crippen LogP contribution is 2.16. The van der Waals surface area contributed by atoms with E-state index in [1.807, 2.05) is 13.8 Å². The maximum absolute atomic E-state index is 13.4. The Morgan fingerprint density at radius 3 is 2.83 bits per heavy atom. The molecule has 7 heteroatoms. The first-order valence-corrected chi connectivity index (χ1v) is 5.84. The molecule has 100 valence electrons. The van der Waals surface area contributed by atoms with Gasteiger partial charge in [0.15, 0.2) is 11.6 Å². The van der Waals surface area contributed by atoms with Crippen molar-refractivity contribution >= 4 is 23.4 Å². The Morgan fingerprint density at radius 2 is 2.28 bits per heavy atom. The standard InChI is InChI=1S/C11H15ClFN3O2/c1-6(2)4-8(10(17)18-3)15-9-7(13)5-14-11(12)16-9/h5-6,8H,4H2,1-3H3,(H,14,15,16). The topological polar surface area (TPSA) is 64.1 Å². The summed E-state index contributed by atoms with van der Waals surface area (Å²) in [6.45, 7) is 3.89. The average Bonchev–Trinajstić information content (AvgIpc) is 2.31. The SMILES string of the molecule is COC(=O)C(CC(C)C)Nc1nc(Cl)ncc1F. The summed E-state index contributed by atoms with van der Waals surface area (Å²) >= 11 is 5.57. The van der Waals surface area contributed by atoms with E-state index in [1.54, 1.807) is 0 Å². The minimum Gasteiger partial charge on any atom is -0.467 e. The Labute approximate surface area is 110 Å². The van der Waals surface area contributed by atoms with E-state index < -0.39 is 17.8 Å². The lowest BCUT2D eigenvalue weighted by Gasteiger charge is -2.18. The van der Waals surface area contributed by atoms with E-state index in [2.05, 4.69) is 20.0 Å². The molecule has 0 aromatic carbocycles. The van der Waals surface area contributed by atoms with Gasteiger partial charge in [-0.2, -0.15) is 4.98 Å². The zero-order valence-corrected chi connectivity index (χ0v) is 11.2. The molecule has 5 nitrogen and oxygen atoms in total. The molecule has 0 aliphatic rings. The summed E-state index contributed by atoms with van der Waals surface area (Å²) < 4.78 is 18.1. The van der Waals surface area contributed by atoms with E-state index in [4.69, 9.17) is 11.6 Å². The normalized spacial score (nSPS) is 12.3. The molecular weight excluding hydrogens is 261 g/mol. The number of hydrogen-bond acceptors (Lipinski definition) is 5.